The van der Waals surface area contributed by atoms with E-state index < -0.39 is 0 Å². The van der Waals surface area contributed by atoms with Gasteiger partial charge in [-0.15, -0.1) is 0 Å². The second kappa shape index (κ2) is 6.08. The van der Waals surface area contributed by atoms with E-state index in [-0.39, 0.29) is 12.1 Å². The van der Waals surface area contributed by atoms with Crippen LogP contribution in [0.1, 0.15) is 51.4 Å². The van der Waals surface area contributed by atoms with Gasteiger partial charge in [0, 0.05) is 25.5 Å². The lowest BCUT2D eigenvalue weighted by molar-refractivity contribution is 0.228. The fourth-order valence-electron chi connectivity index (χ4n) is 2.64. The van der Waals surface area contributed by atoms with Gasteiger partial charge in [-0.2, -0.15) is 0 Å². The van der Waals surface area contributed by atoms with Gasteiger partial charge in [-0.25, -0.2) is 9.78 Å². The molecular formula is C14H24N4O. The van der Waals surface area contributed by atoms with Gasteiger partial charge in [0.2, 0.25) is 0 Å². The molecule has 0 aromatic carbocycles. The smallest absolute Gasteiger partial charge is 0.315 e. The van der Waals surface area contributed by atoms with E-state index >= 15 is 0 Å². The van der Waals surface area contributed by atoms with Crippen LogP contribution in [0.15, 0.2) is 12.4 Å². The molecule has 1 aromatic heterocycles. The van der Waals surface area contributed by atoms with Gasteiger partial charge in [-0.3, -0.25) is 0 Å². The number of amides is 2. The maximum atomic E-state index is 12.1. The molecule has 1 aromatic rings. The molecule has 5 heteroatoms. The summed E-state index contributed by atoms with van der Waals surface area (Å²) in [6.07, 6.45) is 8.31. The Morgan fingerprint density at radius 3 is 2.63 bits per heavy atom. The van der Waals surface area contributed by atoms with E-state index in [4.69, 9.17) is 0 Å². The Balaban J connectivity index is 1.97. The molecule has 1 aliphatic carbocycles. The number of hydrogen-bond donors (Lipinski definition) is 2. The molecule has 1 atom stereocenters. The minimum Gasteiger partial charge on any atom is -0.336 e. The maximum absolute atomic E-state index is 12.1. The first-order chi connectivity index (χ1) is 9.08. The Bertz CT molecular complexity index is 421. The van der Waals surface area contributed by atoms with Crippen LogP contribution in [0.5, 0.6) is 0 Å². The van der Waals surface area contributed by atoms with E-state index in [1.165, 1.54) is 12.8 Å². The average Bonchev–Trinajstić information content (AvgIpc) is 2.97. The molecule has 19 heavy (non-hydrogen) atoms. The van der Waals surface area contributed by atoms with Gasteiger partial charge in [0.1, 0.15) is 5.82 Å². The van der Waals surface area contributed by atoms with Crippen molar-refractivity contribution in [2.24, 2.45) is 13.0 Å². The lowest BCUT2D eigenvalue weighted by Gasteiger charge is -2.23. The molecule has 1 saturated carbocycles. The minimum absolute atomic E-state index is 0.0543. The number of imidazole rings is 1. The standard InChI is InChI=1S/C14H24N4O/c1-10(2)12(13-15-8-9-18(13)3)17-14(19)16-11-6-4-5-7-11/h8-12H,4-7H2,1-3H3,(H2,16,17,19). The number of aromatic nitrogens is 2. The minimum atomic E-state index is -0.0754. The zero-order valence-corrected chi connectivity index (χ0v) is 12.0. The van der Waals surface area contributed by atoms with E-state index in [1.54, 1.807) is 6.20 Å². The van der Waals surface area contributed by atoms with Crippen molar-refractivity contribution in [1.29, 1.82) is 0 Å². The van der Waals surface area contributed by atoms with E-state index in [9.17, 15) is 4.79 Å². The maximum Gasteiger partial charge on any atom is 0.315 e. The lowest BCUT2D eigenvalue weighted by atomic mass is 10.0. The Labute approximate surface area is 114 Å². The van der Waals surface area contributed by atoms with Crippen molar-refractivity contribution in [2.45, 2.75) is 51.6 Å². The summed E-state index contributed by atoms with van der Waals surface area (Å²) in [4.78, 5) is 16.4. The molecule has 1 heterocycles. The van der Waals surface area contributed by atoms with Crippen molar-refractivity contribution >= 4 is 6.03 Å². The SMILES string of the molecule is CC(C)C(NC(=O)NC1CCCC1)c1nccn1C. The summed E-state index contributed by atoms with van der Waals surface area (Å²) >= 11 is 0. The van der Waals surface area contributed by atoms with Gasteiger partial charge in [-0.1, -0.05) is 26.7 Å². The third kappa shape index (κ3) is 3.49. The van der Waals surface area contributed by atoms with Crippen LogP contribution in [0.3, 0.4) is 0 Å². The molecule has 1 unspecified atom stereocenters. The van der Waals surface area contributed by atoms with Crippen LogP contribution in [0, 0.1) is 5.92 Å². The number of urea groups is 1. The molecule has 2 N–H and O–H groups in total. The molecule has 1 aliphatic rings. The van der Waals surface area contributed by atoms with Gasteiger partial charge < -0.3 is 15.2 Å². The third-order valence-electron chi connectivity index (χ3n) is 3.78. The fraction of sp³-hybridized carbons (Fsp3) is 0.714. The van der Waals surface area contributed by atoms with Gasteiger partial charge in [0.15, 0.2) is 0 Å². The highest BCUT2D eigenvalue weighted by molar-refractivity contribution is 5.74. The molecule has 2 amide bonds. The zero-order valence-electron chi connectivity index (χ0n) is 12.0. The summed E-state index contributed by atoms with van der Waals surface area (Å²) in [6.45, 7) is 4.18. The monoisotopic (exact) mass is 264 g/mol. The Hall–Kier alpha value is -1.52. The number of hydrogen-bond acceptors (Lipinski definition) is 2. The number of carbonyl (C=O) groups excluding carboxylic acids is 1. The molecule has 5 nitrogen and oxygen atoms in total. The molecule has 1 fully saturated rings. The quantitative estimate of drug-likeness (QED) is 0.877. The molecule has 0 radical (unpaired) electrons. The highest BCUT2D eigenvalue weighted by atomic mass is 16.2. The van der Waals surface area contributed by atoms with Crippen LogP contribution in [-0.4, -0.2) is 21.6 Å². The van der Waals surface area contributed by atoms with Crippen LogP contribution in [0.4, 0.5) is 4.79 Å². The Morgan fingerprint density at radius 1 is 1.42 bits per heavy atom. The van der Waals surface area contributed by atoms with Crippen molar-refractivity contribution in [3.8, 4) is 0 Å². The van der Waals surface area contributed by atoms with Crippen LogP contribution in [-0.2, 0) is 7.05 Å². The molecule has 106 valence electrons. The summed E-state index contributed by atoms with van der Waals surface area (Å²) in [5.74, 6) is 1.20. The first-order valence-electron chi connectivity index (χ1n) is 7.12. The first-order valence-corrected chi connectivity index (χ1v) is 7.12. The van der Waals surface area contributed by atoms with Crippen LogP contribution < -0.4 is 10.6 Å². The summed E-state index contributed by atoms with van der Waals surface area (Å²) in [5, 5.41) is 6.11. The van der Waals surface area contributed by atoms with E-state index in [2.05, 4.69) is 29.5 Å². The van der Waals surface area contributed by atoms with Gasteiger partial charge in [0.05, 0.1) is 6.04 Å². The highest BCUT2D eigenvalue weighted by Gasteiger charge is 2.24. The summed E-state index contributed by atoms with van der Waals surface area (Å²) in [7, 11) is 1.95. The second-order valence-corrected chi connectivity index (χ2v) is 5.72. The van der Waals surface area contributed by atoms with Crippen molar-refractivity contribution < 1.29 is 4.79 Å². The number of aryl methyl sites for hydroxylation is 1. The van der Waals surface area contributed by atoms with Gasteiger partial charge in [-0.05, 0) is 18.8 Å². The lowest BCUT2D eigenvalue weighted by Crippen LogP contribution is -2.44. The predicted octanol–water partition coefficient (Wildman–Crippen LogP) is 2.36. The van der Waals surface area contributed by atoms with E-state index in [1.807, 2.05) is 17.8 Å². The van der Waals surface area contributed by atoms with Crippen molar-refractivity contribution in [3.63, 3.8) is 0 Å². The molecule has 0 aliphatic heterocycles. The largest absolute Gasteiger partial charge is 0.336 e. The van der Waals surface area contributed by atoms with Crippen molar-refractivity contribution in [3.05, 3.63) is 18.2 Å². The second-order valence-electron chi connectivity index (χ2n) is 5.72. The number of rotatable bonds is 4. The Morgan fingerprint density at radius 2 is 2.11 bits per heavy atom. The van der Waals surface area contributed by atoms with Crippen LogP contribution in [0.2, 0.25) is 0 Å². The summed E-state index contributed by atoms with van der Waals surface area (Å²) in [5.41, 5.74) is 0. The number of nitrogens with one attached hydrogen (secondary N) is 2. The topological polar surface area (TPSA) is 59.0 Å². The highest BCUT2D eigenvalue weighted by Crippen LogP contribution is 2.20. The molecule has 0 saturated heterocycles. The Kier molecular flexibility index (Phi) is 4.45. The molecule has 2 rings (SSSR count). The van der Waals surface area contributed by atoms with Gasteiger partial charge in [0.25, 0.3) is 0 Å². The first kappa shape index (κ1) is 13.9. The van der Waals surface area contributed by atoms with Crippen LogP contribution >= 0.6 is 0 Å². The predicted molar refractivity (Wildman–Crippen MR) is 74.7 cm³/mol. The van der Waals surface area contributed by atoms with E-state index in [0.717, 1.165) is 18.7 Å². The molecule has 0 spiro atoms. The average molecular weight is 264 g/mol. The normalized spacial score (nSPS) is 17.7. The van der Waals surface area contributed by atoms with Gasteiger partial charge >= 0.3 is 6.03 Å². The summed E-state index contributed by atoms with van der Waals surface area (Å²) in [6, 6.07) is 0.212. The zero-order chi connectivity index (χ0) is 13.8. The van der Waals surface area contributed by atoms with Crippen LogP contribution in [0.25, 0.3) is 0 Å². The number of nitrogens with zero attached hydrogens (tertiary/aromatic N) is 2. The molecule has 0 bridgehead atoms. The fourth-order valence-corrected chi connectivity index (χ4v) is 2.64. The third-order valence-corrected chi connectivity index (χ3v) is 3.78. The summed E-state index contributed by atoms with van der Waals surface area (Å²) < 4.78 is 1.96. The van der Waals surface area contributed by atoms with Crippen molar-refractivity contribution in [2.75, 3.05) is 0 Å². The molecular weight excluding hydrogens is 240 g/mol. The van der Waals surface area contributed by atoms with E-state index in [0.29, 0.717) is 12.0 Å². The number of carbonyl (C=O) groups is 1. The van der Waals surface area contributed by atoms with Crippen molar-refractivity contribution in [1.82, 2.24) is 20.2 Å².